The molecule has 0 fully saturated rings. The normalized spacial score (nSPS) is 12.3. The highest BCUT2D eigenvalue weighted by molar-refractivity contribution is 9.10. The van der Waals surface area contributed by atoms with Crippen LogP contribution >= 0.6 is 50.5 Å². The molecule has 1 heterocycles. The topological polar surface area (TPSA) is 30.5 Å². The molecule has 0 aliphatic carbocycles. The van der Waals surface area contributed by atoms with Gasteiger partial charge in [0.2, 0.25) is 0 Å². The van der Waals surface area contributed by atoms with Gasteiger partial charge in [0.25, 0.3) is 0 Å². The van der Waals surface area contributed by atoms with E-state index in [1.165, 1.54) is 11.3 Å². The molecule has 0 aliphatic rings. The van der Waals surface area contributed by atoms with Gasteiger partial charge in [-0.15, -0.1) is 11.3 Å². The van der Waals surface area contributed by atoms with Crippen LogP contribution in [0.2, 0.25) is 8.67 Å². The SMILES string of the molecule is CNC(c1cc(OC)c(Br)cc1OC)c1cc(Cl)sc1Cl. The zero-order valence-corrected chi connectivity index (χ0v) is 15.6. The molecule has 114 valence electrons. The van der Waals surface area contributed by atoms with Gasteiger partial charge in [0.1, 0.15) is 11.5 Å². The maximum absolute atomic E-state index is 6.28. The van der Waals surface area contributed by atoms with Crippen molar-refractivity contribution in [3.8, 4) is 11.5 Å². The Morgan fingerprint density at radius 2 is 1.76 bits per heavy atom. The minimum Gasteiger partial charge on any atom is -0.496 e. The van der Waals surface area contributed by atoms with E-state index in [2.05, 4.69) is 21.2 Å². The molecule has 1 aromatic heterocycles. The summed E-state index contributed by atoms with van der Waals surface area (Å²) in [5.74, 6) is 1.46. The number of nitrogens with one attached hydrogen (secondary N) is 1. The summed E-state index contributed by atoms with van der Waals surface area (Å²) in [5, 5.41) is 3.25. The lowest BCUT2D eigenvalue weighted by Crippen LogP contribution is -2.18. The fraction of sp³-hybridized carbons (Fsp3) is 0.286. The van der Waals surface area contributed by atoms with Crippen molar-refractivity contribution in [3.05, 3.63) is 42.5 Å². The Kier molecular flexibility index (Phi) is 5.80. The molecule has 3 nitrogen and oxygen atoms in total. The van der Waals surface area contributed by atoms with Crippen LogP contribution in [0.25, 0.3) is 0 Å². The van der Waals surface area contributed by atoms with Gasteiger partial charge in [-0.1, -0.05) is 23.2 Å². The van der Waals surface area contributed by atoms with Crippen molar-refractivity contribution >= 4 is 50.5 Å². The van der Waals surface area contributed by atoms with Gasteiger partial charge in [-0.3, -0.25) is 0 Å². The molecule has 0 bridgehead atoms. The summed E-state index contributed by atoms with van der Waals surface area (Å²) in [6.07, 6.45) is 0. The molecule has 0 spiro atoms. The second-order valence-electron chi connectivity index (χ2n) is 4.23. The molecule has 0 aliphatic heterocycles. The van der Waals surface area contributed by atoms with Crippen LogP contribution in [0.4, 0.5) is 0 Å². The predicted molar refractivity (Wildman–Crippen MR) is 92.5 cm³/mol. The van der Waals surface area contributed by atoms with Crippen molar-refractivity contribution in [2.75, 3.05) is 21.3 Å². The molecular weight excluding hydrogens is 397 g/mol. The molecular formula is C14H14BrCl2NO2S. The molecule has 1 N–H and O–H groups in total. The van der Waals surface area contributed by atoms with E-state index in [9.17, 15) is 0 Å². The number of rotatable bonds is 5. The Balaban J connectivity index is 2.58. The highest BCUT2D eigenvalue weighted by atomic mass is 79.9. The van der Waals surface area contributed by atoms with Crippen LogP contribution in [0.3, 0.4) is 0 Å². The molecule has 0 saturated carbocycles. The van der Waals surface area contributed by atoms with E-state index in [1.54, 1.807) is 14.2 Å². The van der Waals surface area contributed by atoms with Crippen molar-refractivity contribution in [2.45, 2.75) is 6.04 Å². The molecule has 1 unspecified atom stereocenters. The molecule has 1 aromatic carbocycles. The molecule has 0 amide bonds. The molecule has 2 aromatic rings. The lowest BCUT2D eigenvalue weighted by molar-refractivity contribution is 0.393. The van der Waals surface area contributed by atoms with Gasteiger partial charge < -0.3 is 14.8 Å². The number of ether oxygens (including phenoxy) is 2. The molecule has 1 atom stereocenters. The predicted octanol–water partition coefficient (Wildman–Crippen LogP) is 5.14. The minimum absolute atomic E-state index is 0.141. The van der Waals surface area contributed by atoms with Crippen LogP contribution in [-0.2, 0) is 0 Å². The average Bonchev–Trinajstić information content (AvgIpc) is 2.79. The van der Waals surface area contributed by atoms with Gasteiger partial charge >= 0.3 is 0 Å². The van der Waals surface area contributed by atoms with Gasteiger partial charge in [0, 0.05) is 11.1 Å². The molecule has 0 radical (unpaired) electrons. The van der Waals surface area contributed by atoms with Crippen LogP contribution in [0.1, 0.15) is 17.2 Å². The minimum atomic E-state index is -0.141. The highest BCUT2D eigenvalue weighted by Crippen LogP contribution is 2.42. The fourth-order valence-corrected chi connectivity index (χ4v) is 4.15. The lowest BCUT2D eigenvalue weighted by Gasteiger charge is -2.20. The molecule has 21 heavy (non-hydrogen) atoms. The summed E-state index contributed by atoms with van der Waals surface area (Å²) in [6.45, 7) is 0. The first kappa shape index (κ1) is 16.9. The van der Waals surface area contributed by atoms with Gasteiger partial charge in [0.15, 0.2) is 0 Å². The summed E-state index contributed by atoms with van der Waals surface area (Å²) in [6, 6.07) is 5.52. The summed E-state index contributed by atoms with van der Waals surface area (Å²) in [7, 11) is 5.12. The number of methoxy groups -OCH3 is 2. The van der Waals surface area contributed by atoms with E-state index in [4.69, 9.17) is 32.7 Å². The van der Waals surface area contributed by atoms with Crippen molar-refractivity contribution in [3.63, 3.8) is 0 Å². The smallest absolute Gasteiger partial charge is 0.133 e. The van der Waals surface area contributed by atoms with Gasteiger partial charge in [-0.25, -0.2) is 0 Å². The molecule has 7 heteroatoms. The third kappa shape index (κ3) is 3.48. The largest absolute Gasteiger partial charge is 0.496 e. The standard InChI is InChI=1S/C14H14BrCl2NO2S/c1-18-13(8-5-12(16)21-14(8)17)7-4-11(20-3)9(15)6-10(7)19-2/h4-6,13,18H,1-3H3. The third-order valence-electron chi connectivity index (χ3n) is 3.10. The van der Waals surface area contributed by atoms with E-state index in [-0.39, 0.29) is 6.04 Å². The quantitative estimate of drug-likeness (QED) is 0.739. The fourth-order valence-electron chi connectivity index (χ4n) is 2.14. The zero-order chi connectivity index (χ0) is 15.6. The van der Waals surface area contributed by atoms with Crippen LogP contribution in [-0.4, -0.2) is 21.3 Å². The van der Waals surface area contributed by atoms with Gasteiger partial charge in [0.05, 0.1) is 33.4 Å². The number of halogens is 3. The Morgan fingerprint density at radius 1 is 1.10 bits per heavy atom. The van der Waals surface area contributed by atoms with Crippen molar-refractivity contribution < 1.29 is 9.47 Å². The summed E-state index contributed by atoms with van der Waals surface area (Å²) < 4.78 is 13.0. The first-order valence-electron chi connectivity index (χ1n) is 6.05. The number of hydrogen-bond acceptors (Lipinski definition) is 4. The van der Waals surface area contributed by atoms with E-state index in [0.717, 1.165) is 27.1 Å². The summed E-state index contributed by atoms with van der Waals surface area (Å²) in [5.41, 5.74) is 1.84. The average molecular weight is 411 g/mol. The third-order valence-corrected chi connectivity index (χ3v) is 5.24. The highest BCUT2D eigenvalue weighted by Gasteiger charge is 2.23. The van der Waals surface area contributed by atoms with Crippen molar-refractivity contribution in [2.24, 2.45) is 0 Å². The Labute approximate surface area is 146 Å². The maximum atomic E-state index is 6.28. The second kappa shape index (κ2) is 7.20. The Bertz CT molecular complexity index is 648. The number of benzene rings is 1. The van der Waals surface area contributed by atoms with Crippen LogP contribution in [0, 0.1) is 0 Å². The van der Waals surface area contributed by atoms with Crippen molar-refractivity contribution in [1.82, 2.24) is 5.32 Å². The van der Waals surface area contributed by atoms with E-state index >= 15 is 0 Å². The Morgan fingerprint density at radius 3 is 2.24 bits per heavy atom. The van der Waals surface area contributed by atoms with E-state index in [0.29, 0.717) is 8.67 Å². The molecule has 2 rings (SSSR count). The first-order chi connectivity index (χ1) is 10.0. The van der Waals surface area contributed by atoms with E-state index in [1.807, 2.05) is 25.2 Å². The second-order valence-corrected chi connectivity index (χ2v) is 7.37. The van der Waals surface area contributed by atoms with Crippen LogP contribution in [0.5, 0.6) is 11.5 Å². The molecule has 0 saturated heterocycles. The Hall–Kier alpha value is -0.460. The van der Waals surface area contributed by atoms with Gasteiger partial charge in [-0.05, 0) is 41.2 Å². The summed E-state index contributed by atoms with van der Waals surface area (Å²) >= 11 is 17.1. The van der Waals surface area contributed by atoms with Crippen molar-refractivity contribution in [1.29, 1.82) is 0 Å². The van der Waals surface area contributed by atoms with Crippen LogP contribution < -0.4 is 14.8 Å². The maximum Gasteiger partial charge on any atom is 0.133 e. The number of hydrogen-bond donors (Lipinski definition) is 1. The lowest BCUT2D eigenvalue weighted by atomic mass is 10.00. The zero-order valence-electron chi connectivity index (χ0n) is 11.7. The summed E-state index contributed by atoms with van der Waals surface area (Å²) in [4.78, 5) is 0. The monoisotopic (exact) mass is 409 g/mol. The number of thiophene rings is 1. The van der Waals surface area contributed by atoms with Crippen LogP contribution in [0.15, 0.2) is 22.7 Å². The first-order valence-corrected chi connectivity index (χ1v) is 8.41. The van der Waals surface area contributed by atoms with E-state index < -0.39 is 0 Å². The van der Waals surface area contributed by atoms with Gasteiger partial charge in [-0.2, -0.15) is 0 Å².